The Morgan fingerprint density at radius 3 is 2.38 bits per heavy atom. The average Bonchev–Trinajstić information content (AvgIpc) is 2.61. The van der Waals surface area contributed by atoms with Crippen LogP contribution in [0.5, 0.6) is 0 Å². The summed E-state index contributed by atoms with van der Waals surface area (Å²) < 4.78 is 1.99. The predicted octanol–water partition coefficient (Wildman–Crippen LogP) is 2.42. The van der Waals surface area contributed by atoms with Gasteiger partial charge in [0.1, 0.15) is 5.82 Å². The third-order valence-electron chi connectivity index (χ3n) is 2.67. The maximum absolute atomic E-state index is 5.85. The number of hydrogen-bond donors (Lipinski definition) is 1. The first kappa shape index (κ1) is 10.9. The van der Waals surface area contributed by atoms with E-state index in [-0.39, 0.29) is 6.04 Å². The molecule has 1 heterocycles. The first-order valence-corrected chi connectivity index (χ1v) is 5.44. The van der Waals surface area contributed by atoms with E-state index in [2.05, 4.69) is 36.2 Å². The fourth-order valence-electron chi connectivity index (χ4n) is 1.77. The topological polar surface area (TPSA) is 43.8 Å². The van der Waals surface area contributed by atoms with Crippen molar-refractivity contribution in [2.45, 2.75) is 19.9 Å². The van der Waals surface area contributed by atoms with E-state index in [1.54, 1.807) is 0 Å². The molecule has 1 unspecified atom stereocenters. The van der Waals surface area contributed by atoms with E-state index < -0.39 is 0 Å². The molecular formula is C13H17N3. The van der Waals surface area contributed by atoms with Crippen LogP contribution in [0.25, 0.3) is 11.3 Å². The molecule has 0 aliphatic heterocycles. The van der Waals surface area contributed by atoms with E-state index in [0.717, 1.165) is 17.1 Å². The minimum atomic E-state index is -0.0378. The maximum atomic E-state index is 5.85. The summed E-state index contributed by atoms with van der Waals surface area (Å²) in [6.45, 7) is 4.02. The minimum absolute atomic E-state index is 0.0378. The monoisotopic (exact) mass is 215 g/mol. The molecule has 2 aromatic rings. The number of aromatic nitrogens is 2. The van der Waals surface area contributed by atoms with Gasteiger partial charge >= 0.3 is 0 Å². The molecule has 0 bridgehead atoms. The standard InChI is InChI=1S/C13H17N3/c1-9-4-6-11(7-5-9)12-8-16(3)13(15-12)10(2)14/h4-8,10H,14H2,1-3H3. The van der Waals surface area contributed by atoms with Crippen molar-refractivity contribution in [2.75, 3.05) is 0 Å². The zero-order valence-electron chi connectivity index (χ0n) is 9.94. The Kier molecular flexibility index (Phi) is 2.79. The highest BCUT2D eigenvalue weighted by atomic mass is 15.1. The first-order valence-electron chi connectivity index (χ1n) is 5.44. The minimum Gasteiger partial charge on any atom is -0.336 e. The molecule has 16 heavy (non-hydrogen) atoms. The van der Waals surface area contributed by atoms with Gasteiger partial charge in [-0.15, -0.1) is 0 Å². The summed E-state index contributed by atoms with van der Waals surface area (Å²) in [5, 5.41) is 0. The van der Waals surface area contributed by atoms with Gasteiger partial charge in [-0.25, -0.2) is 4.98 Å². The number of imidazole rings is 1. The molecule has 3 heteroatoms. The number of aryl methyl sites for hydroxylation is 2. The van der Waals surface area contributed by atoms with E-state index in [4.69, 9.17) is 5.73 Å². The fourth-order valence-corrected chi connectivity index (χ4v) is 1.77. The highest BCUT2D eigenvalue weighted by Crippen LogP contribution is 2.20. The predicted molar refractivity (Wildman–Crippen MR) is 66.0 cm³/mol. The second-order valence-corrected chi connectivity index (χ2v) is 4.25. The van der Waals surface area contributed by atoms with Crippen LogP contribution in [0.2, 0.25) is 0 Å². The Morgan fingerprint density at radius 1 is 1.25 bits per heavy atom. The molecule has 2 rings (SSSR count). The molecule has 1 atom stereocenters. The Hall–Kier alpha value is -1.61. The quantitative estimate of drug-likeness (QED) is 0.836. The van der Waals surface area contributed by atoms with Crippen molar-refractivity contribution in [3.63, 3.8) is 0 Å². The summed E-state index contributed by atoms with van der Waals surface area (Å²) >= 11 is 0. The zero-order valence-corrected chi connectivity index (χ0v) is 9.94. The van der Waals surface area contributed by atoms with Crippen LogP contribution in [0.3, 0.4) is 0 Å². The average molecular weight is 215 g/mol. The van der Waals surface area contributed by atoms with Crippen molar-refractivity contribution in [3.05, 3.63) is 41.9 Å². The lowest BCUT2D eigenvalue weighted by atomic mass is 10.1. The Bertz CT molecular complexity index is 480. The molecule has 0 aliphatic rings. The number of benzene rings is 1. The molecule has 0 spiro atoms. The van der Waals surface area contributed by atoms with Gasteiger partial charge in [0.2, 0.25) is 0 Å². The fraction of sp³-hybridized carbons (Fsp3) is 0.308. The Morgan fingerprint density at radius 2 is 1.88 bits per heavy atom. The van der Waals surface area contributed by atoms with Gasteiger partial charge in [-0.2, -0.15) is 0 Å². The van der Waals surface area contributed by atoms with Crippen LogP contribution in [0.1, 0.15) is 24.4 Å². The van der Waals surface area contributed by atoms with Crippen molar-refractivity contribution < 1.29 is 0 Å². The second-order valence-electron chi connectivity index (χ2n) is 4.25. The highest BCUT2D eigenvalue weighted by Gasteiger charge is 2.09. The van der Waals surface area contributed by atoms with E-state index in [0.29, 0.717) is 0 Å². The van der Waals surface area contributed by atoms with Crippen LogP contribution >= 0.6 is 0 Å². The van der Waals surface area contributed by atoms with Gasteiger partial charge < -0.3 is 10.3 Å². The molecule has 1 aromatic carbocycles. The Labute approximate surface area is 95.9 Å². The van der Waals surface area contributed by atoms with Crippen LogP contribution in [-0.4, -0.2) is 9.55 Å². The van der Waals surface area contributed by atoms with Crippen LogP contribution in [0, 0.1) is 6.92 Å². The van der Waals surface area contributed by atoms with Gasteiger partial charge in [-0.1, -0.05) is 29.8 Å². The summed E-state index contributed by atoms with van der Waals surface area (Å²) in [7, 11) is 1.98. The normalized spacial score (nSPS) is 12.8. The van der Waals surface area contributed by atoms with Gasteiger partial charge in [0.25, 0.3) is 0 Å². The molecule has 0 saturated carbocycles. The molecule has 3 nitrogen and oxygen atoms in total. The van der Waals surface area contributed by atoms with E-state index in [1.165, 1.54) is 5.56 Å². The molecule has 0 aliphatic carbocycles. The number of nitrogens with zero attached hydrogens (tertiary/aromatic N) is 2. The van der Waals surface area contributed by atoms with Crippen LogP contribution in [0.4, 0.5) is 0 Å². The van der Waals surface area contributed by atoms with Gasteiger partial charge in [0.15, 0.2) is 0 Å². The number of hydrogen-bond acceptors (Lipinski definition) is 2. The summed E-state index contributed by atoms with van der Waals surface area (Å²) in [6, 6.07) is 8.32. The molecular weight excluding hydrogens is 198 g/mol. The van der Waals surface area contributed by atoms with Gasteiger partial charge in [0.05, 0.1) is 11.7 Å². The van der Waals surface area contributed by atoms with Crippen molar-refractivity contribution in [3.8, 4) is 11.3 Å². The summed E-state index contributed by atoms with van der Waals surface area (Å²) in [5.74, 6) is 0.913. The lowest BCUT2D eigenvalue weighted by Gasteiger charge is -2.02. The third kappa shape index (κ3) is 1.99. The molecule has 0 radical (unpaired) electrons. The summed E-state index contributed by atoms with van der Waals surface area (Å²) in [5.41, 5.74) is 9.22. The smallest absolute Gasteiger partial charge is 0.125 e. The zero-order chi connectivity index (χ0) is 11.7. The first-order chi connectivity index (χ1) is 7.58. The molecule has 84 valence electrons. The molecule has 2 N–H and O–H groups in total. The summed E-state index contributed by atoms with van der Waals surface area (Å²) in [6.07, 6.45) is 2.02. The van der Waals surface area contributed by atoms with Crippen LogP contribution in [-0.2, 0) is 7.05 Å². The van der Waals surface area contributed by atoms with Crippen LogP contribution in [0.15, 0.2) is 30.5 Å². The SMILES string of the molecule is Cc1ccc(-c2cn(C)c(C(C)N)n2)cc1. The molecule has 1 aromatic heterocycles. The summed E-state index contributed by atoms with van der Waals surface area (Å²) in [4.78, 5) is 4.55. The molecule has 0 fully saturated rings. The second kappa shape index (κ2) is 4.10. The van der Waals surface area contributed by atoms with Crippen molar-refractivity contribution in [2.24, 2.45) is 12.8 Å². The van der Waals surface area contributed by atoms with Gasteiger partial charge in [0, 0.05) is 18.8 Å². The lowest BCUT2D eigenvalue weighted by molar-refractivity contribution is 0.686. The van der Waals surface area contributed by atoms with E-state index in [9.17, 15) is 0 Å². The largest absolute Gasteiger partial charge is 0.336 e. The molecule has 0 saturated heterocycles. The van der Waals surface area contributed by atoms with Crippen molar-refractivity contribution >= 4 is 0 Å². The van der Waals surface area contributed by atoms with Gasteiger partial charge in [-0.3, -0.25) is 0 Å². The number of rotatable bonds is 2. The third-order valence-corrected chi connectivity index (χ3v) is 2.67. The van der Waals surface area contributed by atoms with E-state index in [1.807, 2.05) is 24.7 Å². The van der Waals surface area contributed by atoms with Crippen molar-refractivity contribution in [1.29, 1.82) is 0 Å². The van der Waals surface area contributed by atoms with Gasteiger partial charge in [-0.05, 0) is 13.8 Å². The molecule has 0 amide bonds. The lowest BCUT2D eigenvalue weighted by Crippen LogP contribution is -2.10. The highest BCUT2D eigenvalue weighted by molar-refractivity contribution is 5.59. The Balaban J connectivity index is 2.41. The maximum Gasteiger partial charge on any atom is 0.125 e. The van der Waals surface area contributed by atoms with Crippen LogP contribution < -0.4 is 5.73 Å². The van der Waals surface area contributed by atoms with E-state index >= 15 is 0 Å². The number of nitrogens with two attached hydrogens (primary N) is 1. The van der Waals surface area contributed by atoms with Crippen molar-refractivity contribution in [1.82, 2.24) is 9.55 Å².